The summed E-state index contributed by atoms with van der Waals surface area (Å²) in [5.74, 6) is -1.12. The molecule has 0 bridgehead atoms. The lowest BCUT2D eigenvalue weighted by molar-refractivity contribution is -0.128. The van der Waals surface area contributed by atoms with Crippen molar-refractivity contribution in [3.8, 4) is 11.5 Å². The van der Waals surface area contributed by atoms with E-state index in [-0.39, 0.29) is 82.9 Å². The number of H-pyrrole nitrogens is 1. The first-order chi connectivity index (χ1) is 47.4. The summed E-state index contributed by atoms with van der Waals surface area (Å²) in [4.78, 5) is 123. The van der Waals surface area contributed by atoms with E-state index in [9.17, 15) is 38.4 Å². The van der Waals surface area contributed by atoms with Gasteiger partial charge in [-0.25, -0.2) is 24.4 Å². The first kappa shape index (κ1) is 74.7. The second-order valence-corrected chi connectivity index (χ2v) is 24.2. The van der Waals surface area contributed by atoms with Crippen molar-refractivity contribution in [3.63, 3.8) is 0 Å². The highest BCUT2D eigenvalue weighted by molar-refractivity contribution is 9.09. The third-order valence-electron chi connectivity index (χ3n) is 15.5. The number of rotatable bonds is 38. The number of nitrogens with two attached hydrogens (primary N) is 1. The van der Waals surface area contributed by atoms with Crippen LogP contribution in [0.15, 0.2) is 97.1 Å². The van der Waals surface area contributed by atoms with Crippen LogP contribution in [0.5, 0.6) is 11.5 Å². The Labute approximate surface area is 583 Å². The van der Waals surface area contributed by atoms with Gasteiger partial charge in [-0.2, -0.15) is 0 Å². The molecule has 0 saturated carbocycles. The lowest BCUT2D eigenvalue weighted by atomic mass is 10.0. The normalized spacial score (nSPS) is 12.1. The topological polar surface area (TPSA) is 342 Å². The minimum atomic E-state index is -1.06. The number of primary amides is 1. The number of hydrogen-bond donors (Lipinski definition) is 7. The molecule has 0 unspecified atom stereocenters. The standard InChI is InChI=1S/C68H83Br2N13O15/c1-80(2)26-29-96-48-16-18-52-46(36-48)38-56(76-52)65(88)83-23-19-50-49-8-5-6-9-51(49)60(39-59(50)83)98-68(91)82(4)25-24-81(3)67(90)97-43-44-11-14-47(15-12-44)75-64(87)54(10-7-21-73-66(71)89)79-62(85)42-74-61(84)20-27-92-30-32-94-34-35-95-33-31-93-28-22-72-63(86)45-13-17-53-55(37-45)78-58(41-70)57(40-69)77-53/h5-6,8-9,11-18,36-39,54,76H,7,10,19-35,40-43H2,1-4H3,(H,72,86)(H,74,84)(H,75,87)(H,79,85)(H3,71,73,89)/t54-/m0/s1. The number of amides is 9. The van der Waals surface area contributed by atoms with Crippen LogP contribution in [0, 0.1) is 0 Å². The van der Waals surface area contributed by atoms with Gasteiger partial charge in [0.15, 0.2) is 0 Å². The van der Waals surface area contributed by atoms with Crippen molar-refractivity contribution in [2.24, 2.45) is 5.73 Å². The fraction of sp³-hybridized carbons (Fsp3) is 0.412. The van der Waals surface area contributed by atoms with Gasteiger partial charge in [0.1, 0.15) is 36.4 Å². The quantitative estimate of drug-likeness (QED) is 0.0155. The number of ether oxygens (including phenoxy) is 7. The molecule has 3 heterocycles. The molecule has 98 heavy (non-hydrogen) atoms. The zero-order chi connectivity index (χ0) is 69.9. The number of aromatic nitrogens is 3. The summed E-state index contributed by atoms with van der Waals surface area (Å²) in [6.07, 6.45) is -0.351. The van der Waals surface area contributed by atoms with Crippen LogP contribution in [-0.2, 0) is 61.8 Å². The molecule has 0 aliphatic carbocycles. The third kappa shape index (κ3) is 22.5. The van der Waals surface area contributed by atoms with Gasteiger partial charge in [0.25, 0.3) is 11.8 Å². The highest BCUT2D eigenvalue weighted by Crippen LogP contribution is 2.41. The van der Waals surface area contributed by atoms with Gasteiger partial charge in [0, 0.05) is 104 Å². The van der Waals surface area contributed by atoms with Crippen LogP contribution >= 0.6 is 31.9 Å². The fourth-order valence-corrected chi connectivity index (χ4v) is 11.1. The van der Waals surface area contributed by atoms with Crippen molar-refractivity contribution in [1.29, 1.82) is 0 Å². The van der Waals surface area contributed by atoms with Crippen LogP contribution in [0.2, 0.25) is 0 Å². The molecule has 1 atom stereocenters. The molecule has 8 rings (SSSR count). The van der Waals surface area contributed by atoms with Crippen molar-refractivity contribution in [2.45, 2.75) is 49.0 Å². The Kier molecular flexibility index (Phi) is 29.1. The maximum atomic E-state index is 14.1. The first-order valence-corrected chi connectivity index (χ1v) is 34.2. The zero-order valence-electron chi connectivity index (χ0n) is 55.2. The average molecular weight is 1480 g/mol. The molecule has 28 nitrogen and oxygen atoms in total. The van der Waals surface area contributed by atoms with Crippen LogP contribution in [0.3, 0.4) is 0 Å². The Morgan fingerprint density at radius 2 is 1.35 bits per heavy atom. The molecule has 1 aliphatic rings. The average Bonchev–Trinajstić information content (AvgIpc) is 1.56. The van der Waals surface area contributed by atoms with Gasteiger partial charge >= 0.3 is 18.2 Å². The molecule has 2 aromatic heterocycles. The Bertz CT molecular complexity index is 3900. The lowest BCUT2D eigenvalue weighted by Crippen LogP contribution is -2.47. The van der Waals surface area contributed by atoms with Crippen LogP contribution in [0.4, 0.5) is 25.8 Å². The molecule has 0 fully saturated rings. The summed E-state index contributed by atoms with van der Waals surface area (Å²) in [6.45, 7) is 4.00. The largest absolute Gasteiger partial charge is 0.492 e. The Balaban J connectivity index is 0.683. The monoisotopic (exact) mass is 1480 g/mol. The zero-order valence-corrected chi connectivity index (χ0v) is 58.4. The summed E-state index contributed by atoms with van der Waals surface area (Å²) < 4.78 is 39.6. The Morgan fingerprint density at radius 1 is 0.673 bits per heavy atom. The summed E-state index contributed by atoms with van der Waals surface area (Å²) >= 11 is 6.87. The molecule has 5 aromatic carbocycles. The van der Waals surface area contributed by atoms with Crippen molar-refractivity contribution in [1.82, 2.24) is 50.9 Å². The number of likely N-dealkylation sites (N-methyl/N-ethyl adjacent to an activating group) is 3. The predicted molar refractivity (Wildman–Crippen MR) is 375 cm³/mol. The molecule has 524 valence electrons. The molecule has 0 radical (unpaired) electrons. The van der Waals surface area contributed by atoms with E-state index in [1.807, 2.05) is 67.5 Å². The van der Waals surface area contributed by atoms with Crippen molar-refractivity contribution >= 4 is 124 Å². The molecule has 0 spiro atoms. The molecule has 1 aliphatic heterocycles. The maximum absolute atomic E-state index is 14.1. The van der Waals surface area contributed by atoms with E-state index in [1.165, 1.54) is 16.8 Å². The summed E-state index contributed by atoms with van der Waals surface area (Å²) in [5.41, 5.74) is 12.5. The number of benzene rings is 5. The molecule has 30 heteroatoms. The first-order valence-electron chi connectivity index (χ1n) is 31.9. The van der Waals surface area contributed by atoms with Gasteiger partial charge in [-0.05, 0) is 104 Å². The van der Waals surface area contributed by atoms with E-state index in [0.29, 0.717) is 120 Å². The molecule has 7 aromatic rings. The Hall–Kier alpha value is -9.04. The molecular formula is C68H83Br2N13O15. The van der Waals surface area contributed by atoms with Gasteiger partial charge in [-0.1, -0.05) is 68.3 Å². The fourth-order valence-electron chi connectivity index (χ4n) is 10.2. The van der Waals surface area contributed by atoms with E-state index in [4.69, 9.17) is 38.9 Å². The van der Waals surface area contributed by atoms with Gasteiger partial charge < -0.3 is 90.1 Å². The van der Waals surface area contributed by atoms with Gasteiger partial charge in [-0.3, -0.25) is 24.0 Å². The van der Waals surface area contributed by atoms with Crippen LogP contribution in [0.25, 0.3) is 32.7 Å². The summed E-state index contributed by atoms with van der Waals surface area (Å²) in [7, 11) is 7.05. The smallest absolute Gasteiger partial charge is 0.415 e. The number of hydrogen-bond acceptors (Lipinski definition) is 18. The minimum absolute atomic E-state index is 0.0343. The van der Waals surface area contributed by atoms with Crippen LogP contribution in [0.1, 0.15) is 62.6 Å². The Morgan fingerprint density at radius 3 is 2.04 bits per heavy atom. The van der Waals surface area contributed by atoms with Crippen molar-refractivity contribution < 1.29 is 71.5 Å². The van der Waals surface area contributed by atoms with E-state index < -0.39 is 48.5 Å². The molecule has 0 saturated heterocycles. The minimum Gasteiger partial charge on any atom is -0.492 e. The molecule has 9 amide bonds. The maximum Gasteiger partial charge on any atom is 0.415 e. The highest BCUT2D eigenvalue weighted by Gasteiger charge is 2.31. The number of halogens is 2. The number of fused-ring (bicyclic) bond motifs is 5. The molecule has 8 N–H and O–H groups in total. The highest BCUT2D eigenvalue weighted by atomic mass is 79.9. The summed E-state index contributed by atoms with van der Waals surface area (Å²) in [6, 6.07) is 26.7. The number of carbonyl (C=O) groups excluding carboxylic acids is 8. The number of anilines is 2. The number of nitrogens with zero attached hydrogens (tertiary/aromatic N) is 6. The molecular weight excluding hydrogens is 1400 g/mol. The number of carbonyl (C=O) groups is 8. The summed E-state index contributed by atoms with van der Waals surface area (Å²) in [5, 5.41) is 16.8. The van der Waals surface area contributed by atoms with E-state index >= 15 is 0 Å². The number of alkyl halides is 2. The number of urea groups is 1. The van der Waals surface area contributed by atoms with E-state index in [2.05, 4.69) is 73.4 Å². The predicted octanol–water partition coefficient (Wildman–Crippen LogP) is 6.77. The van der Waals surface area contributed by atoms with Crippen molar-refractivity contribution in [3.05, 3.63) is 131 Å². The number of nitrogens with one attached hydrogen (secondary N) is 6. The van der Waals surface area contributed by atoms with Crippen LogP contribution < -0.4 is 46.7 Å². The third-order valence-corrected chi connectivity index (χ3v) is 16.6. The second-order valence-electron chi connectivity index (χ2n) is 23.0. The lowest BCUT2D eigenvalue weighted by Gasteiger charge is -2.23. The van der Waals surface area contributed by atoms with Gasteiger partial charge in [-0.15, -0.1) is 0 Å². The number of aromatic amines is 1. The van der Waals surface area contributed by atoms with E-state index in [1.54, 1.807) is 60.5 Å². The SMILES string of the molecule is CN(C)CCOc1ccc2[nH]c(C(=O)N3CCc4c3cc(OC(=O)N(C)CCN(C)C(=O)OCc3ccc(NC(=O)[C@H](CCCNC(N)=O)NC(=O)CNC(=O)CCOCCOCCOCCOCCNC(=O)c5ccc6nc(CBr)c(CBr)nc6c5)cc3)c3ccccc43)cc2c1. The second kappa shape index (κ2) is 38.2. The van der Waals surface area contributed by atoms with Gasteiger partial charge in [0.05, 0.1) is 87.5 Å². The van der Waals surface area contributed by atoms with Gasteiger partial charge in [0.2, 0.25) is 17.7 Å². The van der Waals surface area contributed by atoms with Crippen LogP contribution in [-0.4, -0.2) is 217 Å². The van der Waals surface area contributed by atoms with Crippen molar-refractivity contribution in [2.75, 3.05) is 144 Å². The van der Waals surface area contributed by atoms with E-state index in [0.717, 1.165) is 39.8 Å².